The molecule has 0 N–H and O–H groups in total. The van der Waals surface area contributed by atoms with Gasteiger partial charge in [-0.25, -0.2) is 0 Å². The Labute approximate surface area is 471 Å². The van der Waals surface area contributed by atoms with E-state index < -0.39 is 6.10 Å². The van der Waals surface area contributed by atoms with Crippen molar-refractivity contribution in [3.8, 4) is 0 Å². The van der Waals surface area contributed by atoms with Crippen molar-refractivity contribution in [3.63, 3.8) is 0 Å². The number of allylic oxidation sites excluding steroid dienone is 14. The first-order valence-corrected chi connectivity index (χ1v) is 32.6. The van der Waals surface area contributed by atoms with Crippen LogP contribution in [0, 0.1) is 0 Å². The molecule has 6 heteroatoms. The SMILES string of the molecule is CC/C=C\C/C=C\C/C=C\C/C=C\CCCCC(=O)OCC(COC(=O)CCCCCCCCCCCC/C=C\C/C=C\C/C=C\CCCCCCC)OC(=O)CCCCCCCCCCCCCCCCCCCC. The molecule has 0 heterocycles. The number of hydrogen-bond donors (Lipinski definition) is 0. The normalized spacial score (nSPS) is 12.6. The molecule has 0 aliphatic heterocycles. The van der Waals surface area contributed by atoms with Gasteiger partial charge in [-0.1, -0.05) is 292 Å². The molecule has 0 aromatic heterocycles. The molecule has 0 aromatic rings. The molecule has 6 nitrogen and oxygen atoms in total. The highest BCUT2D eigenvalue weighted by Gasteiger charge is 2.19. The molecule has 0 aromatic carbocycles. The Bertz CT molecular complexity index is 1450. The van der Waals surface area contributed by atoms with E-state index in [-0.39, 0.29) is 31.1 Å². The van der Waals surface area contributed by atoms with Crippen molar-refractivity contribution in [2.75, 3.05) is 13.2 Å². The van der Waals surface area contributed by atoms with E-state index in [1.807, 2.05) is 0 Å². The summed E-state index contributed by atoms with van der Waals surface area (Å²) < 4.78 is 16.9. The summed E-state index contributed by atoms with van der Waals surface area (Å²) in [6.07, 6.45) is 84.5. The lowest BCUT2D eigenvalue weighted by Crippen LogP contribution is -2.30. The average Bonchev–Trinajstić information content (AvgIpc) is 3.42. The van der Waals surface area contributed by atoms with Crippen molar-refractivity contribution >= 4 is 17.9 Å². The van der Waals surface area contributed by atoms with Crippen LogP contribution in [0.15, 0.2) is 85.1 Å². The summed E-state index contributed by atoms with van der Waals surface area (Å²) in [4.78, 5) is 38.3. The molecule has 0 saturated carbocycles. The molecule has 0 spiro atoms. The minimum atomic E-state index is -0.795. The van der Waals surface area contributed by atoms with Gasteiger partial charge in [0.15, 0.2) is 6.10 Å². The van der Waals surface area contributed by atoms with Crippen LogP contribution in [0.5, 0.6) is 0 Å². The number of hydrogen-bond acceptors (Lipinski definition) is 6. The van der Waals surface area contributed by atoms with Gasteiger partial charge in [0.1, 0.15) is 13.2 Å². The van der Waals surface area contributed by atoms with Crippen molar-refractivity contribution in [2.24, 2.45) is 0 Å². The fourth-order valence-corrected chi connectivity index (χ4v) is 9.27. The van der Waals surface area contributed by atoms with E-state index in [1.54, 1.807) is 0 Å². The summed E-state index contributed by atoms with van der Waals surface area (Å²) in [5.74, 6) is -0.921. The van der Waals surface area contributed by atoms with Crippen LogP contribution in [-0.2, 0) is 28.6 Å². The van der Waals surface area contributed by atoms with Crippen LogP contribution in [0.4, 0.5) is 0 Å². The zero-order valence-electron chi connectivity index (χ0n) is 50.3. The predicted molar refractivity (Wildman–Crippen MR) is 330 cm³/mol. The topological polar surface area (TPSA) is 78.9 Å². The monoisotopic (exact) mass is 1060 g/mol. The van der Waals surface area contributed by atoms with Crippen LogP contribution in [0.3, 0.4) is 0 Å². The average molecular weight is 1060 g/mol. The van der Waals surface area contributed by atoms with E-state index in [1.165, 1.54) is 186 Å². The van der Waals surface area contributed by atoms with Crippen molar-refractivity contribution in [2.45, 2.75) is 329 Å². The molecule has 0 fully saturated rings. The lowest BCUT2D eigenvalue weighted by Gasteiger charge is -2.18. The zero-order valence-corrected chi connectivity index (χ0v) is 50.3. The third-order valence-electron chi connectivity index (χ3n) is 14.1. The fraction of sp³-hybridized carbons (Fsp3) is 0.757. The van der Waals surface area contributed by atoms with Crippen molar-refractivity contribution < 1.29 is 28.6 Å². The molecule has 0 radical (unpaired) electrons. The Kier molecular flexibility index (Phi) is 61.2. The Morgan fingerprint density at radius 3 is 0.829 bits per heavy atom. The van der Waals surface area contributed by atoms with Gasteiger partial charge in [-0.3, -0.25) is 14.4 Å². The first-order valence-electron chi connectivity index (χ1n) is 32.6. The Morgan fingerprint density at radius 1 is 0.276 bits per heavy atom. The minimum absolute atomic E-state index is 0.0894. The highest BCUT2D eigenvalue weighted by Crippen LogP contribution is 2.17. The molecular formula is C70H122O6. The van der Waals surface area contributed by atoms with E-state index in [9.17, 15) is 14.4 Å². The van der Waals surface area contributed by atoms with Crippen molar-refractivity contribution in [1.29, 1.82) is 0 Å². The van der Waals surface area contributed by atoms with Crippen LogP contribution >= 0.6 is 0 Å². The number of carbonyl (C=O) groups excluding carboxylic acids is 3. The maximum Gasteiger partial charge on any atom is 0.306 e. The molecule has 0 saturated heterocycles. The fourth-order valence-electron chi connectivity index (χ4n) is 9.27. The smallest absolute Gasteiger partial charge is 0.306 e. The van der Waals surface area contributed by atoms with Gasteiger partial charge >= 0.3 is 17.9 Å². The third-order valence-corrected chi connectivity index (χ3v) is 14.1. The van der Waals surface area contributed by atoms with Gasteiger partial charge in [-0.15, -0.1) is 0 Å². The quantitative estimate of drug-likeness (QED) is 0.0261. The molecule has 0 amide bonds. The van der Waals surface area contributed by atoms with E-state index in [0.29, 0.717) is 19.3 Å². The zero-order chi connectivity index (χ0) is 55.0. The first-order chi connectivity index (χ1) is 37.5. The summed E-state index contributed by atoms with van der Waals surface area (Å²) in [7, 11) is 0. The number of carbonyl (C=O) groups is 3. The van der Waals surface area contributed by atoms with Gasteiger partial charge in [0, 0.05) is 19.3 Å². The van der Waals surface area contributed by atoms with Crippen LogP contribution in [0.1, 0.15) is 323 Å². The molecule has 438 valence electrons. The maximum atomic E-state index is 12.9. The van der Waals surface area contributed by atoms with Gasteiger partial charge in [-0.2, -0.15) is 0 Å². The summed E-state index contributed by atoms with van der Waals surface area (Å²) >= 11 is 0. The van der Waals surface area contributed by atoms with Gasteiger partial charge in [-0.05, 0) is 96.3 Å². The van der Waals surface area contributed by atoms with E-state index in [4.69, 9.17) is 14.2 Å². The summed E-state index contributed by atoms with van der Waals surface area (Å²) in [5.41, 5.74) is 0. The second kappa shape index (κ2) is 64.1. The molecule has 0 rings (SSSR count). The van der Waals surface area contributed by atoms with E-state index in [2.05, 4.69) is 106 Å². The van der Waals surface area contributed by atoms with E-state index in [0.717, 1.165) is 96.3 Å². The third kappa shape index (κ3) is 61.4. The molecule has 0 aliphatic rings. The molecular weight excluding hydrogens is 937 g/mol. The Morgan fingerprint density at radius 2 is 0.513 bits per heavy atom. The van der Waals surface area contributed by atoms with Gasteiger partial charge in [0.05, 0.1) is 0 Å². The number of rotatable bonds is 59. The van der Waals surface area contributed by atoms with Gasteiger partial charge in [0.2, 0.25) is 0 Å². The lowest BCUT2D eigenvalue weighted by atomic mass is 10.0. The second-order valence-electron chi connectivity index (χ2n) is 21.6. The lowest BCUT2D eigenvalue weighted by molar-refractivity contribution is -0.167. The van der Waals surface area contributed by atoms with Gasteiger partial charge < -0.3 is 14.2 Å². The first kappa shape index (κ1) is 72.6. The van der Waals surface area contributed by atoms with Gasteiger partial charge in [0.25, 0.3) is 0 Å². The van der Waals surface area contributed by atoms with E-state index >= 15 is 0 Å². The Hall–Kier alpha value is -3.41. The summed E-state index contributed by atoms with van der Waals surface area (Å²) in [6, 6.07) is 0. The van der Waals surface area contributed by atoms with Crippen molar-refractivity contribution in [3.05, 3.63) is 85.1 Å². The Balaban J connectivity index is 4.36. The molecule has 76 heavy (non-hydrogen) atoms. The second-order valence-corrected chi connectivity index (χ2v) is 21.6. The predicted octanol–water partition coefficient (Wildman–Crippen LogP) is 22.3. The van der Waals surface area contributed by atoms with Crippen LogP contribution in [0.25, 0.3) is 0 Å². The number of esters is 3. The molecule has 0 bridgehead atoms. The van der Waals surface area contributed by atoms with Crippen LogP contribution in [-0.4, -0.2) is 37.2 Å². The maximum absolute atomic E-state index is 12.9. The highest BCUT2D eigenvalue weighted by molar-refractivity contribution is 5.71. The molecule has 0 aliphatic carbocycles. The highest BCUT2D eigenvalue weighted by atomic mass is 16.6. The van der Waals surface area contributed by atoms with Crippen molar-refractivity contribution in [1.82, 2.24) is 0 Å². The summed E-state index contributed by atoms with van der Waals surface area (Å²) in [5, 5.41) is 0. The standard InChI is InChI=1S/C70H122O6/c1-4-7-10-13-16-19-22-25-28-30-32-33-34-35-36-37-38-40-42-45-48-51-54-57-60-63-69(72)75-66-67(65-74-68(71)62-59-56-53-50-47-44-41-27-24-21-18-15-12-9-6-3)76-70(73)64-61-58-55-52-49-46-43-39-31-29-26-23-20-17-14-11-8-5-2/h9,12,18,21-22,25,27,30,32,34-35,41,47,50,67H,4-8,10-11,13-17,19-20,23-24,26,28-29,31,33,36-40,42-46,48-49,51-66H2,1-3H3/b12-9-,21-18-,25-22-,32-30-,35-34-,41-27-,50-47-. The number of unbranched alkanes of at least 4 members (excludes halogenated alkanes) is 34. The molecule has 1 unspecified atom stereocenters. The summed E-state index contributed by atoms with van der Waals surface area (Å²) in [6.45, 7) is 6.51. The van der Waals surface area contributed by atoms with Crippen LogP contribution in [0.2, 0.25) is 0 Å². The molecule has 1 atom stereocenters. The minimum Gasteiger partial charge on any atom is -0.462 e. The van der Waals surface area contributed by atoms with Crippen LogP contribution < -0.4 is 0 Å². The largest absolute Gasteiger partial charge is 0.462 e. The number of ether oxygens (including phenoxy) is 3.